The number of fused-ring (bicyclic) bond motifs is 2. The largest absolute Gasteiger partial charge is 0.324 e. The highest BCUT2D eigenvalue weighted by atomic mass is 79.9. The molecule has 2 fully saturated rings. The fourth-order valence-electron chi connectivity index (χ4n) is 3.76. The van der Waals surface area contributed by atoms with Crippen molar-refractivity contribution >= 4 is 15.9 Å². The SMILES string of the molecule is NC(c1cc(F)c(Br)cc1F)C1CC2CCC1C2. The van der Waals surface area contributed by atoms with E-state index in [1.165, 1.54) is 31.4 Å². The molecule has 98 valence electrons. The molecule has 1 aromatic carbocycles. The van der Waals surface area contributed by atoms with E-state index in [1.807, 2.05) is 0 Å². The predicted molar refractivity (Wildman–Crippen MR) is 69.9 cm³/mol. The zero-order chi connectivity index (χ0) is 12.9. The van der Waals surface area contributed by atoms with Crippen LogP contribution >= 0.6 is 15.9 Å². The third-order valence-corrected chi connectivity index (χ3v) is 5.26. The van der Waals surface area contributed by atoms with Crippen LogP contribution in [0.3, 0.4) is 0 Å². The Labute approximate surface area is 114 Å². The number of rotatable bonds is 2. The Bertz CT molecular complexity index is 477. The minimum absolute atomic E-state index is 0.156. The van der Waals surface area contributed by atoms with Gasteiger partial charge in [0.15, 0.2) is 0 Å². The van der Waals surface area contributed by atoms with E-state index in [9.17, 15) is 8.78 Å². The van der Waals surface area contributed by atoms with Crippen LogP contribution in [0, 0.1) is 29.4 Å². The Balaban J connectivity index is 1.88. The van der Waals surface area contributed by atoms with Crippen LogP contribution < -0.4 is 5.73 Å². The standard InChI is InChI=1S/C14H16BrF2N/c15-11-6-12(16)10(5-13(11)17)14(18)9-4-7-1-2-8(9)3-7/h5-9,14H,1-4,18H2. The molecule has 2 bridgehead atoms. The van der Waals surface area contributed by atoms with Crippen LogP contribution in [0.15, 0.2) is 16.6 Å². The Hall–Kier alpha value is -0.480. The molecule has 0 heterocycles. The van der Waals surface area contributed by atoms with Gasteiger partial charge in [-0.3, -0.25) is 0 Å². The Morgan fingerprint density at radius 2 is 1.94 bits per heavy atom. The van der Waals surface area contributed by atoms with Crippen LogP contribution in [0.5, 0.6) is 0 Å². The van der Waals surface area contributed by atoms with Gasteiger partial charge in [0.25, 0.3) is 0 Å². The molecule has 0 aliphatic heterocycles. The second-order valence-corrected chi connectivity index (χ2v) is 6.51. The molecule has 0 radical (unpaired) electrons. The summed E-state index contributed by atoms with van der Waals surface area (Å²) in [4.78, 5) is 0. The number of benzene rings is 1. The van der Waals surface area contributed by atoms with Gasteiger partial charge in [0.05, 0.1) is 4.47 Å². The first kappa shape index (κ1) is 12.5. The summed E-state index contributed by atoms with van der Waals surface area (Å²) in [5.74, 6) is 0.841. The number of halogens is 3. The maximum atomic E-state index is 13.9. The van der Waals surface area contributed by atoms with Crippen molar-refractivity contribution in [2.75, 3.05) is 0 Å². The van der Waals surface area contributed by atoms with Gasteiger partial charge in [0.2, 0.25) is 0 Å². The summed E-state index contributed by atoms with van der Waals surface area (Å²) in [6.07, 6.45) is 4.77. The molecule has 4 unspecified atom stereocenters. The third-order valence-electron chi connectivity index (χ3n) is 4.65. The van der Waals surface area contributed by atoms with Crippen molar-refractivity contribution in [1.29, 1.82) is 0 Å². The smallest absolute Gasteiger partial charge is 0.137 e. The minimum Gasteiger partial charge on any atom is -0.324 e. The van der Waals surface area contributed by atoms with E-state index in [-0.39, 0.29) is 10.5 Å². The highest BCUT2D eigenvalue weighted by molar-refractivity contribution is 9.10. The van der Waals surface area contributed by atoms with Crippen molar-refractivity contribution < 1.29 is 8.78 Å². The highest BCUT2D eigenvalue weighted by Gasteiger charge is 2.43. The van der Waals surface area contributed by atoms with Crippen molar-refractivity contribution in [3.05, 3.63) is 33.8 Å². The monoisotopic (exact) mass is 315 g/mol. The van der Waals surface area contributed by atoms with E-state index < -0.39 is 11.6 Å². The number of hydrogen-bond acceptors (Lipinski definition) is 1. The molecular formula is C14H16BrF2N. The summed E-state index contributed by atoms with van der Waals surface area (Å²) in [6.45, 7) is 0. The maximum absolute atomic E-state index is 13.9. The highest BCUT2D eigenvalue weighted by Crippen LogP contribution is 2.52. The van der Waals surface area contributed by atoms with Gasteiger partial charge < -0.3 is 5.73 Å². The Morgan fingerprint density at radius 3 is 2.56 bits per heavy atom. The first-order valence-electron chi connectivity index (χ1n) is 6.46. The van der Waals surface area contributed by atoms with E-state index in [1.54, 1.807) is 0 Å². The fourth-order valence-corrected chi connectivity index (χ4v) is 4.07. The summed E-state index contributed by atoms with van der Waals surface area (Å²) >= 11 is 2.99. The van der Waals surface area contributed by atoms with Crippen LogP contribution in [-0.4, -0.2) is 0 Å². The minimum atomic E-state index is -0.440. The summed E-state index contributed by atoms with van der Waals surface area (Å²) in [5.41, 5.74) is 6.51. The molecule has 18 heavy (non-hydrogen) atoms. The van der Waals surface area contributed by atoms with Crippen LogP contribution in [0.1, 0.15) is 37.3 Å². The first-order valence-corrected chi connectivity index (χ1v) is 7.25. The van der Waals surface area contributed by atoms with Gasteiger partial charge in [-0.1, -0.05) is 6.42 Å². The average molecular weight is 316 g/mol. The summed E-state index contributed by atoms with van der Waals surface area (Å²) in [6, 6.07) is 2.05. The van der Waals surface area contributed by atoms with Crippen molar-refractivity contribution in [1.82, 2.24) is 0 Å². The zero-order valence-corrected chi connectivity index (χ0v) is 11.6. The first-order chi connectivity index (χ1) is 8.56. The molecule has 0 saturated heterocycles. The normalized spacial score (nSPS) is 31.9. The quantitative estimate of drug-likeness (QED) is 0.815. The van der Waals surface area contributed by atoms with E-state index in [2.05, 4.69) is 15.9 Å². The lowest BCUT2D eigenvalue weighted by molar-refractivity contribution is 0.280. The van der Waals surface area contributed by atoms with E-state index in [0.717, 1.165) is 12.3 Å². The summed E-state index contributed by atoms with van der Waals surface area (Å²) in [5, 5.41) is 0. The summed E-state index contributed by atoms with van der Waals surface area (Å²) < 4.78 is 27.6. The van der Waals surface area contributed by atoms with Crippen LogP contribution in [0.2, 0.25) is 0 Å². The summed E-state index contributed by atoms with van der Waals surface area (Å²) in [7, 11) is 0. The predicted octanol–water partition coefficient (Wildman–Crippen LogP) is 4.16. The number of hydrogen-bond donors (Lipinski definition) is 1. The van der Waals surface area contributed by atoms with E-state index in [0.29, 0.717) is 17.4 Å². The zero-order valence-electron chi connectivity index (χ0n) is 10.0. The van der Waals surface area contributed by atoms with E-state index in [4.69, 9.17) is 5.73 Å². The van der Waals surface area contributed by atoms with Gasteiger partial charge in [-0.2, -0.15) is 0 Å². The fraction of sp³-hybridized carbons (Fsp3) is 0.571. The second-order valence-electron chi connectivity index (χ2n) is 5.65. The molecule has 0 aromatic heterocycles. The molecule has 3 rings (SSSR count). The molecule has 4 heteroatoms. The van der Waals surface area contributed by atoms with Gasteiger partial charge in [-0.15, -0.1) is 0 Å². The third kappa shape index (κ3) is 1.99. The van der Waals surface area contributed by atoms with Crippen molar-refractivity contribution in [3.63, 3.8) is 0 Å². The van der Waals surface area contributed by atoms with Crippen molar-refractivity contribution in [2.24, 2.45) is 23.5 Å². The van der Waals surface area contributed by atoms with Crippen molar-refractivity contribution in [2.45, 2.75) is 31.7 Å². The van der Waals surface area contributed by atoms with Crippen LogP contribution in [0.25, 0.3) is 0 Å². The molecule has 2 aliphatic carbocycles. The van der Waals surface area contributed by atoms with Gasteiger partial charge in [0.1, 0.15) is 11.6 Å². The second kappa shape index (κ2) is 4.57. The van der Waals surface area contributed by atoms with Gasteiger partial charge in [-0.25, -0.2) is 8.78 Å². The molecule has 0 spiro atoms. The molecule has 2 saturated carbocycles. The topological polar surface area (TPSA) is 26.0 Å². The average Bonchev–Trinajstić information content (AvgIpc) is 2.95. The van der Waals surface area contributed by atoms with Gasteiger partial charge in [-0.05, 0) is 65.1 Å². The molecule has 1 nitrogen and oxygen atoms in total. The molecular weight excluding hydrogens is 300 g/mol. The maximum Gasteiger partial charge on any atom is 0.137 e. The van der Waals surface area contributed by atoms with E-state index >= 15 is 0 Å². The Kier molecular flexibility index (Phi) is 3.18. The van der Waals surface area contributed by atoms with Gasteiger partial charge >= 0.3 is 0 Å². The number of nitrogens with two attached hydrogens (primary N) is 1. The molecule has 1 aromatic rings. The van der Waals surface area contributed by atoms with Crippen molar-refractivity contribution in [3.8, 4) is 0 Å². The Morgan fingerprint density at radius 1 is 1.17 bits per heavy atom. The van der Waals surface area contributed by atoms with Gasteiger partial charge in [0, 0.05) is 11.6 Å². The molecule has 2 N–H and O–H groups in total. The lowest BCUT2D eigenvalue weighted by atomic mass is 9.81. The van der Waals surface area contributed by atoms with Crippen LogP contribution in [0.4, 0.5) is 8.78 Å². The molecule has 0 amide bonds. The molecule has 4 atom stereocenters. The van der Waals surface area contributed by atoms with Crippen LogP contribution in [-0.2, 0) is 0 Å². The lowest BCUT2D eigenvalue weighted by Crippen LogP contribution is -2.27. The molecule has 2 aliphatic rings. The lowest BCUT2D eigenvalue weighted by Gasteiger charge is -2.28.